The van der Waals surface area contributed by atoms with Crippen molar-refractivity contribution in [2.75, 3.05) is 26.8 Å². The van der Waals surface area contributed by atoms with E-state index in [4.69, 9.17) is 9.47 Å². The molecule has 1 fully saturated rings. The van der Waals surface area contributed by atoms with Gasteiger partial charge >= 0.3 is 11.9 Å². The average Bonchev–Trinajstić information content (AvgIpc) is 2.63. The summed E-state index contributed by atoms with van der Waals surface area (Å²) >= 11 is 0. The minimum absolute atomic E-state index is 0.0359. The summed E-state index contributed by atoms with van der Waals surface area (Å²) in [6, 6.07) is 6.55. The van der Waals surface area contributed by atoms with E-state index in [9.17, 15) is 14.4 Å². The number of carbonyl (C=O) groups is 3. The summed E-state index contributed by atoms with van der Waals surface area (Å²) in [4.78, 5) is 36.9. The van der Waals surface area contributed by atoms with Gasteiger partial charge in [0.15, 0.2) is 6.61 Å². The van der Waals surface area contributed by atoms with Gasteiger partial charge < -0.3 is 19.1 Å². The average molecular weight is 361 g/mol. The van der Waals surface area contributed by atoms with Gasteiger partial charge in [0.25, 0.3) is 5.91 Å². The Morgan fingerprint density at radius 3 is 2.35 bits per heavy atom. The number of benzene rings is 1. The molecule has 1 heterocycles. The summed E-state index contributed by atoms with van der Waals surface area (Å²) in [5.74, 6) is -1.27. The van der Waals surface area contributed by atoms with Crippen LogP contribution in [0.1, 0.15) is 29.8 Å². The molecule has 0 bridgehead atoms. The van der Waals surface area contributed by atoms with E-state index in [1.807, 2.05) is 13.8 Å². The van der Waals surface area contributed by atoms with E-state index >= 15 is 0 Å². The van der Waals surface area contributed by atoms with Crippen molar-refractivity contribution in [3.8, 4) is 0 Å². The highest BCUT2D eigenvalue weighted by Crippen LogP contribution is 2.11. The molecule has 1 aromatic rings. The lowest BCUT2D eigenvalue weighted by Gasteiger charge is -2.35. The van der Waals surface area contributed by atoms with Gasteiger partial charge in [-0.2, -0.15) is 0 Å². The first-order chi connectivity index (χ1) is 12.4. The fourth-order valence-corrected chi connectivity index (χ4v) is 2.67. The predicted molar refractivity (Wildman–Crippen MR) is 94.4 cm³/mol. The third kappa shape index (κ3) is 5.70. The summed E-state index contributed by atoms with van der Waals surface area (Å²) in [5.41, 5.74) is 1.14. The number of hydrogen-bond acceptors (Lipinski definition) is 6. The van der Waals surface area contributed by atoms with E-state index in [2.05, 4.69) is 4.74 Å². The SMILES string of the molecule is COC(=O)c1ccc(/C=C/C(=O)OCC(=O)N2C[C@@H](C)O[C@@H](C)C2)cc1. The molecule has 1 aromatic carbocycles. The number of amides is 1. The Bertz CT molecular complexity index is 672. The fraction of sp³-hybridized carbons (Fsp3) is 0.421. The summed E-state index contributed by atoms with van der Waals surface area (Å²) in [6.45, 7) is 4.47. The van der Waals surface area contributed by atoms with Gasteiger partial charge in [0.2, 0.25) is 0 Å². The smallest absolute Gasteiger partial charge is 0.337 e. The third-order valence-corrected chi connectivity index (χ3v) is 3.85. The van der Waals surface area contributed by atoms with Gasteiger partial charge in [-0.15, -0.1) is 0 Å². The number of ether oxygens (including phenoxy) is 3. The molecule has 0 saturated carbocycles. The van der Waals surface area contributed by atoms with Gasteiger partial charge in [-0.3, -0.25) is 4.79 Å². The number of esters is 2. The lowest BCUT2D eigenvalue weighted by molar-refractivity contribution is -0.154. The first-order valence-electron chi connectivity index (χ1n) is 8.35. The zero-order valence-corrected chi connectivity index (χ0v) is 15.1. The lowest BCUT2D eigenvalue weighted by Crippen LogP contribution is -2.49. The minimum atomic E-state index is -0.607. The monoisotopic (exact) mass is 361 g/mol. The van der Waals surface area contributed by atoms with Gasteiger partial charge in [0, 0.05) is 19.2 Å². The molecule has 1 saturated heterocycles. The Morgan fingerprint density at radius 2 is 1.77 bits per heavy atom. The molecule has 0 N–H and O–H groups in total. The molecule has 0 aromatic heterocycles. The summed E-state index contributed by atoms with van der Waals surface area (Å²) < 4.78 is 15.2. The van der Waals surface area contributed by atoms with Crippen LogP contribution in [0.15, 0.2) is 30.3 Å². The van der Waals surface area contributed by atoms with Crippen molar-refractivity contribution in [1.82, 2.24) is 4.90 Å². The maximum atomic E-state index is 12.1. The number of carbonyl (C=O) groups excluding carboxylic acids is 3. The molecule has 26 heavy (non-hydrogen) atoms. The number of hydrogen-bond donors (Lipinski definition) is 0. The van der Waals surface area contributed by atoms with Crippen LogP contribution >= 0.6 is 0 Å². The topological polar surface area (TPSA) is 82.1 Å². The van der Waals surface area contributed by atoms with E-state index in [0.29, 0.717) is 18.7 Å². The fourth-order valence-electron chi connectivity index (χ4n) is 2.67. The number of rotatable bonds is 5. The maximum Gasteiger partial charge on any atom is 0.337 e. The second kappa shape index (κ2) is 9.15. The normalized spacial score (nSPS) is 20.0. The van der Waals surface area contributed by atoms with E-state index in [-0.39, 0.29) is 24.7 Å². The van der Waals surface area contributed by atoms with Crippen LogP contribution in [-0.4, -0.2) is 61.8 Å². The first-order valence-corrected chi connectivity index (χ1v) is 8.35. The first kappa shape index (κ1) is 19.7. The Morgan fingerprint density at radius 1 is 1.15 bits per heavy atom. The highest BCUT2D eigenvalue weighted by molar-refractivity contribution is 5.91. The highest BCUT2D eigenvalue weighted by Gasteiger charge is 2.26. The summed E-state index contributed by atoms with van der Waals surface area (Å²) in [5, 5.41) is 0. The van der Waals surface area contributed by atoms with Crippen LogP contribution in [0, 0.1) is 0 Å². The summed E-state index contributed by atoms with van der Waals surface area (Å²) in [7, 11) is 1.31. The van der Waals surface area contributed by atoms with Crippen molar-refractivity contribution < 1.29 is 28.6 Å². The van der Waals surface area contributed by atoms with Gasteiger partial charge in [0.1, 0.15) is 0 Å². The minimum Gasteiger partial charge on any atom is -0.465 e. The summed E-state index contributed by atoms with van der Waals surface area (Å²) in [6.07, 6.45) is 2.72. The van der Waals surface area contributed by atoms with Crippen LogP contribution < -0.4 is 0 Å². The lowest BCUT2D eigenvalue weighted by atomic mass is 10.1. The molecule has 2 rings (SSSR count). The second-order valence-corrected chi connectivity index (χ2v) is 6.11. The van der Waals surface area contributed by atoms with E-state index in [1.54, 1.807) is 35.2 Å². The third-order valence-electron chi connectivity index (χ3n) is 3.85. The van der Waals surface area contributed by atoms with E-state index in [0.717, 1.165) is 5.56 Å². The van der Waals surface area contributed by atoms with Crippen molar-refractivity contribution in [1.29, 1.82) is 0 Å². The molecule has 140 valence electrons. The molecule has 2 atom stereocenters. The standard InChI is InChI=1S/C19H23NO6/c1-13-10-20(11-14(2)26-13)17(21)12-25-18(22)9-6-15-4-7-16(8-5-15)19(23)24-3/h4-9,13-14H,10-12H2,1-3H3/b9-6+/t13-,14+. The maximum absolute atomic E-state index is 12.1. The molecule has 1 amide bonds. The van der Waals surface area contributed by atoms with Crippen molar-refractivity contribution in [3.63, 3.8) is 0 Å². The number of nitrogens with zero attached hydrogens (tertiary/aromatic N) is 1. The molecule has 7 heteroatoms. The Labute approximate surface area is 152 Å². The largest absolute Gasteiger partial charge is 0.465 e. The van der Waals surface area contributed by atoms with Gasteiger partial charge in [0.05, 0.1) is 24.9 Å². The van der Waals surface area contributed by atoms with Gasteiger partial charge in [-0.25, -0.2) is 9.59 Å². The molecule has 7 nitrogen and oxygen atoms in total. The van der Waals surface area contributed by atoms with Crippen LogP contribution in [0.5, 0.6) is 0 Å². The Balaban J connectivity index is 1.81. The molecular formula is C19H23NO6. The molecule has 1 aliphatic heterocycles. The van der Waals surface area contributed by atoms with Crippen LogP contribution in [-0.2, 0) is 23.8 Å². The van der Waals surface area contributed by atoms with Crippen LogP contribution in [0.4, 0.5) is 0 Å². The molecule has 0 aliphatic carbocycles. The van der Waals surface area contributed by atoms with Crippen LogP contribution in [0.2, 0.25) is 0 Å². The van der Waals surface area contributed by atoms with Crippen molar-refractivity contribution in [3.05, 3.63) is 41.5 Å². The molecule has 0 spiro atoms. The Kier molecular flexibility index (Phi) is 6.91. The molecule has 1 aliphatic rings. The van der Waals surface area contributed by atoms with Crippen molar-refractivity contribution in [2.24, 2.45) is 0 Å². The Hall–Kier alpha value is -2.67. The van der Waals surface area contributed by atoms with Crippen molar-refractivity contribution in [2.45, 2.75) is 26.1 Å². The van der Waals surface area contributed by atoms with E-state index < -0.39 is 11.9 Å². The molecule has 0 unspecified atom stereocenters. The van der Waals surface area contributed by atoms with Crippen molar-refractivity contribution >= 4 is 23.9 Å². The van der Waals surface area contributed by atoms with Gasteiger partial charge in [-0.05, 0) is 37.6 Å². The van der Waals surface area contributed by atoms with Gasteiger partial charge in [-0.1, -0.05) is 12.1 Å². The van der Waals surface area contributed by atoms with E-state index in [1.165, 1.54) is 13.2 Å². The second-order valence-electron chi connectivity index (χ2n) is 6.11. The molecule has 0 radical (unpaired) electrons. The molecular weight excluding hydrogens is 338 g/mol. The zero-order chi connectivity index (χ0) is 19.1. The predicted octanol–water partition coefficient (Wildman–Crippen LogP) is 1.67. The quantitative estimate of drug-likeness (QED) is 0.586. The highest BCUT2D eigenvalue weighted by atomic mass is 16.5. The van der Waals surface area contributed by atoms with Crippen LogP contribution in [0.3, 0.4) is 0 Å². The zero-order valence-electron chi connectivity index (χ0n) is 15.1. The number of methoxy groups -OCH3 is 1. The van der Waals surface area contributed by atoms with Crippen LogP contribution in [0.25, 0.3) is 6.08 Å². The number of morpholine rings is 1.